The van der Waals surface area contributed by atoms with Gasteiger partial charge in [0.15, 0.2) is 0 Å². The van der Waals surface area contributed by atoms with E-state index in [-0.39, 0.29) is 5.84 Å². The van der Waals surface area contributed by atoms with Crippen molar-refractivity contribution in [2.24, 2.45) is 28.3 Å². The van der Waals surface area contributed by atoms with Gasteiger partial charge in [-0.05, 0) is 37.2 Å². The Morgan fingerprint density at radius 1 is 1.36 bits per heavy atom. The van der Waals surface area contributed by atoms with E-state index < -0.39 is 5.82 Å². The lowest BCUT2D eigenvalue weighted by molar-refractivity contribution is 0.130. The summed E-state index contributed by atoms with van der Waals surface area (Å²) in [5.74, 6) is 1.93. The summed E-state index contributed by atoms with van der Waals surface area (Å²) in [6.45, 7) is 0. The van der Waals surface area contributed by atoms with Gasteiger partial charge in [0.05, 0.1) is 6.20 Å². The van der Waals surface area contributed by atoms with Crippen molar-refractivity contribution in [2.45, 2.75) is 38.1 Å². The number of fused-ring (bicyclic) bond motifs is 4. The van der Waals surface area contributed by atoms with Gasteiger partial charge in [0.25, 0.3) is 0 Å². The Labute approximate surface area is 145 Å². The zero-order valence-electron chi connectivity index (χ0n) is 14.0. The molecule has 0 aromatic carbocycles. The van der Waals surface area contributed by atoms with Crippen LogP contribution >= 0.6 is 0 Å². The Hall–Kier alpha value is -2.57. The molecule has 6 N–H and O–H groups in total. The van der Waals surface area contributed by atoms with Gasteiger partial charge in [-0.3, -0.25) is 0 Å². The van der Waals surface area contributed by atoms with E-state index in [1.807, 2.05) is 0 Å². The van der Waals surface area contributed by atoms with Crippen molar-refractivity contribution in [2.75, 3.05) is 0 Å². The minimum Gasteiger partial charge on any atom is -0.402 e. The topological polar surface area (TPSA) is 105 Å². The molecule has 0 radical (unpaired) electrons. The molecule has 2 aromatic rings. The summed E-state index contributed by atoms with van der Waals surface area (Å²) in [4.78, 5) is 11.4. The molecule has 3 saturated carbocycles. The van der Waals surface area contributed by atoms with Crippen LogP contribution in [0.15, 0.2) is 35.5 Å². The van der Waals surface area contributed by atoms with Crippen LogP contribution in [0.3, 0.4) is 0 Å². The Morgan fingerprint density at radius 2 is 2.16 bits per heavy atom. The van der Waals surface area contributed by atoms with Crippen molar-refractivity contribution < 1.29 is 4.39 Å². The molecule has 6 nitrogen and oxygen atoms in total. The molecule has 2 bridgehead atoms. The number of pyridine rings is 1. The molecular weight excluding hydrogens is 319 g/mol. The number of halogens is 1. The Bertz CT molecular complexity index is 831. The van der Waals surface area contributed by atoms with Crippen LogP contribution in [0.25, 0.3) is 11.0 Å². The van der Waals surface area contributed by atoms with Crippen molar-refractivity contribution in [1.82, 2.24) is 15.3 Å². The van der Waals surface area contributed by atoms with E-state index in [9.17, 15) is 4.39 Å². The molecular formula is C18H23FN6. The number of aromatic amines is 1. The van der Waals surface area contributed by atoms with Gasteiger partial charge in [-0.15, -0.1) is 0 Å². The highest BCUT2D eigenvalue weighted by molar-refractivity contribution is 6.08. The van der Waals surface area contributed by atoms with E-state index in [0.29, 0.717) is 34.4 Å². The summed E-state index contributed by atoms with van der Waals surface area (Å²) >= 11 is 0. The molecule has 3 aliphatic carbocycles. The van der Waals surface area contributed by atoms with Crippen LogP contribution < -0.4 is 16.8 Å². The van der Waals surface area contributed by atoms with Crippen LogP contribution in [0.1, 0.15) is 37.7 Å². The van der Waals surface area contributed by atoms with Gasteiger partial charge in [0, 0.05) is 29.4 Å². The number of nitrogens with zero attached hydrogens (tertiary/aromatic N) is 2. The van der Waals surface area contributed by atoms with Crippen LogP contribution in [0.2, 0.25) is 0 Å². The number of hydrogen-bond donors (Lipinski definition) is 4. The molecule has 0 spiro atoms. The van der Waals surface area contributed by atoms with Gasteiger partial charge in [-0.25, -0.2) is 14.4 Å². The van der Waals surface area contributed by atoms with E-state index in [2.05, 4.69) is 20.3 Å². The van der Waals surface area contributed by atoms with Crippen molar-refractivity contribution >= 4 is 16.9 Å². The first-order valence-corrected chi connectivity index (χ1v) is 8.79. The van der Waals surface area contributed by atoms with E-state index in [1.165, 1.54) is 50.6 Å². The predicted molar refractivity (Wildman–Crippen MR) is 96.0 cm³/mol. The van der Waals surface area contributed by atoms with Crippen LogP contribution in [0.5, 0.6) is 0 Å². The van der Waals surface area contributed by atoms with Crippen LogP contribution in [0, 0.1) is 17.7 Å². The number of amidine groups is 1. The number of aliphatic imine (C=N–C) groups is 1. The zero-order valence-corrected chi connectivity index (χ0v) is 14.0. The minimum absolute atomic E-state index is 0.281. The van der Waals surface area contributed by atoms with Crippen molar-refractivity contribution in [3.05, 3.63) is 41.9 Å². The van der Waals surface area contributed by atoms with Crippen LogP contribution in [-0.4, -0.2) is 21.8 Å². The fourth-order valence-corrected chi connectivity index (χ4v) is 4.24. The summed E-state index contributed by atoms with van der Waals surface area (Å²) in [7, 11) is 0. The van der Waals surface area contributed by atoms with Gasteiger partial charge in [0.1, 0.15) is 23.1 Å². The Balaban J connectivity index is 1.56. The minimum atomic E-state index is -0.410. The fraction of sp³-hybridized carbons (Fsp3) is 0.444. The highest BCUT2D eigenvalue weighted by Gasteiger charge is 2.35. The normalized spacial score (nSPS) is 27.0. The van der Waals surface area contributed by atoms with E-state index >= 15 is 0 Å². The number of H-pyrrole nitrogens is 1. The second-order valence-electron chi connectivity index (χ2n) is 7.07. The van der Waals surface area contributed by atoms with E-state index in [0.717, 1.165) is 5.92 Å². The lowest BCUT2D eigenvalue weighted by Gasteiger charge is -2.43. The number of aromatic nitrogens is 2. The lowest BCUT2D eigenvalue weighted by Crippen LogP contribution is -2.44. The maximum absolute atomic E-state index is 13.5. The molecule has 1 atom stereocenters. The summed E-state index contributed by atoms with van der Waals surface area (Å²) < 4.78 is 13.5. The average Bonchev–Trinajstić information content (AvgIpc) is 3.05. The van der Waals surface area contributed by atoms with E-state index in [1.54, 1.807) is 6.20 Å². The second kappa shape index (κ2) is 6.38. The van der Waals surface area contributed by atoms with Crippen LogP contribution in [0.4, 0.5) is 4.39 Å². The molecule has 7 heteroatoms. The first-order valence-electron chi connectivity index (χ1n) is 8.79. The smallest absolute Gasteiger partial charge is 0.144 e. The Kier molecular flexibility index (Phi) is 4.07. The molecule has 3 fully saturated rings. The highest BCUT2D eigenvalue weighted by Crippen LogP contribution is 2.41. The number of nitrogens with two attached hydrogens (primary N) is 2. The maximum atomic E-state index is 13.5. The summed E-state index contributed by atoms with van der Waals surface area (Å²) in [5, 5.41) is 4.06. The van der Waals surface area contributed by atoms with Crippen molar-refractivity contribution in [3.8, 4) is 0 Å². The lowest BCUT2D eigenvalue weighted by atomic mass is 9.68. The second-order valence-corrected chi connectivity index (χ2v) is 7.07. The molecule has 1 unspecified atom stereocenters. The quantitative estimate of drug-likeness (QED) is 0.505. The highest BCUT2D eigenvalue weighted by atomic mass is 19.1. The first-order chi connectivity index (χ1) is 12.1. The number of rotatable bonds is 4. The monoisotopic (exact) mass is 342 g/mol. The molecule has 2 heterocycles. The third-order valence-corrected chi connectivity index (χ3v) is 5.55. The van der Waals surface area contributed by atoms with Gasteiger partial charge in [0.2, 0.25) is 0 Å². The molecule has 2 aromatic heterocycles. The van der Waals surface area contributed by atoms with Gasteiger partial charge in [-0.2, -0.15) is 0 Å². The molecule has 0 saturated heterocycles. The zero-order chi connectivity index (χ0) is 17.4. The third kappa shape index (κ3) is 3.06. The van der Waals surface area contributed by atoms with Gasteiger partial charge >= 0.3 is 0 Å². The predicted octanol–water partition coefficient (Wildman–Crippen LogP) is 2.33. The summed E-state index contributed by atoms with van der Waals surface area (Å²) in [6, 6.07) is 1.80. The molecule has 3 aliphatic rings. The number of nitrogens with one attached hydrogen (secondary N) is 2. The van der Waals surface area contributed by atoms with Gasteiger partial charge in [-0.1, -0.05) is 12.8 Å². The molecule has 0 amide bonds. The SMILES string of the molecule is N/C=C(\N=C(/N)c1c[nH]c2ncc(F)cc12)NC1CC2CCC1CC2. The average molecular weight is 342 g/mol. The number of hydrogen-bond acceptors (Lipinski definition) is 4. The molecule has 132 valence electrons. The molecule has 0 aliphatic heterocycles. The van der Waals surface area contributed by atoms with Crippen molar-refractivity contribution in [1.29, 1.82) is 0 Å². The van der Waals surface area contributed by atoms with Crippen LogP contribution in [-0.2, 0) is 0 Å². The van der Waals surface area contributed by atoms with E-state index in [4.69, 9.17) is 11.5 Å². The van der Waals surface area contributed by atoms with Crippen molar-refractivity contribution in [3.63, 3.8) is 0 Å². The Morgan fingerprint density at radius 3 is 2.84 bits per heavy atom. The fourth-order valence-electron chi connectivity index (χ4n) is 4.24. The van der Waals surface area contributed by atoms with Gasteiger partial charge < -0.3 is 21.8 Å². The summed E-state index contributed by atoms with van der Waals surface area (Å²) in [5.41, 5.74) is 13.1. The maximum Gasteiger partial charge on any atom is 0.144 e. The largest absolute Gasteiger partial charge is 0.402 e. The summed E-state index contributed by atoms with van der Waals surface area (Å²) in [6.07, 6.45) is 10.7. The first kappa shape index (κ1) is 15.9. The standard InChI is InChI=1S/C18H23FN6/c19-12-6-13-14(9-23-18(13)22-8-12)17(21)25-16(7-20)24-15-5-10-1-3-11(15)4-2-10/h6-11,15,24H,1-5,20H2,(H2,21,25)(H,22,23)/b16-7-. The molecule has 25 heavy (non-hydrogen) atoms. The third-order valence-electron chi connectivity index (χ3n) is 5.55. The molecule has 5 rings (SSSR count).